The van der Waals surface area contributed by atoms with Crippen LogP contribution in [0.25, 0.3) is 5.69 Å². The maximum Gasteiger partial charge on any atom is 0.350 e. The lowest BCUT2D eigenvalue weighted by atomic mass is 10.1. The van der Waals surface area contributed by atoms with Crippen LogP contribution in [0.5, 0.6) is 5.75 Å². The third-order valence-corrected chi connectivity index (χ3v) is 10.7. The maximum absolute atomic E-state index is 12.8. The average molecular weight is 717 g/mol. The van der Waals surface area contributed by atoms with Crippen molar-refractivity contribution in [1.29, 1.82) is 0 Å². The van der Waals surface area contributed by atoms with Crippen molar-refractivity contribution in [3.63, 3.8) is 0 Å². The van der Waals surface area contributed by atoms with Gasteiger partial charge in [-0.05, 0) is 74.0 Å². The first kappa shape index (κ1) is 34.2. The molecule has 5 aromatic rings. The van der Waals surface area contributed by atoms with Crippen LogP contribution in [0.1, 0.15) is 31.9 Å². The predicted molar refractivity (Wildman–Crippen MR) is 195 cm³/mol. The zero-order valence-corrected chi connectivity index (χ0v) is 30.0. The van der Waals surface area contributed by atoms with Crippen molar-refractivity contribution in [2.45, 2.75) is 43.4 Å². The molecule has 7 rings (SSSR count). The Bertz CT molecular complexity index is 1920. The Balaban J connectivity index is 0.914. The Morgan fingerprint density at radius 1 is 0.940 bits per heavy atom. The van der Waals surface area contributed by atoms with Crippen LogP contribution in [0.2, 0.25) is 5.02 Å². The third-order valence-electron chi connectivity index (χ3n) is 9.32. The van der Waals surface area contributed by atoms with E-state index in [0.717, 1.165) is 66.1 Å². The highest BCUT2D eigenvalue weighted by molar-refractivity contribution is 7.99. The Morgan fingerprint density at radius 2 is 1.58 bits per heavy atom. The van der Waals surface area contributed by atoms with Gasteiger partial charge in [0.2, 0.25) is 5.79 Å². The van der Waals surface area contributed by atoms with E-state index in [4.69, 9.17) is 25.8 Å². The van der Waals surface area contributed by atoms with Crippen molar-refractivity contribution in [3.8, 4) is 11.4 Å². The van der Waals surface area contributed by atoms with Crippen LogP contribution in [-0.4, -0.2) is 80.4 Å². The highest BCUT2D eigenvalue weighted by atomic mass is 35.5. The summed E-state index contributed by atoms with van der Waals surface area (Å²) in [4.78, 5) is 17.6. The topological polar surface area (TPSA) is 105 Å². The van der Waals surface area contributed by atoms with Crippen LogP contribution in [-0.2, 0) is 22.3 Å². The smallest absolute Gasteiger partial charge is 0.350 e. The number of piperazine rings is 1. The summed E-state index contributed by atoms with van der Waals surface area (Å²) in [5.74, 6) is 0.319. The van der Waals surface area contributed by atoms with Crippen LogP contribution in [0, 0.1) is 0 Å². The van der Waals surface area contributed by atoms with Crippen LogP contribution in [0.4, 0.5) is 11.4 Å². The summed E-state index contributed by atoms with van der Waals surface area (Å²) in [7, 11) is 1.91. The normalized spacial score (nSPS) is 20.0. The number of benzene rings is 3. The van der Waals surface area contributed by atoms with Gasteiger partial charge in [-0.2, -0.15) is 5.10 Å². The highest BCUT2D eigenvalue weighted by Crippen LogP contribution is 2.39. The number of hydrogen-bond acceptors (Lipinski definition) is 10. The number of thioether (sulfide) groups is 1. The number of anilines is 2. The van der Waals surface area contributed by atoms with Crippen molar-refractivity contribution in [2.75, 3.05) is 54.9 Å². The summed E-state index contributed by atoms with van der Waals surface area (Å²) in [6.45, 7) is 8.40. The van der Waals surface area contributed by atoms with Crippen molar-refractivity contribution in [2.24, 2.45) is 7.05 Å². The Morgan fingerprint density at radius 3 is 2.20 bits per heavy atom. The summed E-state index contributed by atoms with van der Waals surface area (Å²) in [6, 6.07) is 24.0. The van der Waals surface area contributed by atoms with Gasteiger partial charge in [0.1, 0.15) is 31.1 Å². The van der Waals surface area contributed by atoms with Crippen molar-refractivity contribution >= 4 is 34.7 Å². The molecule has 2 fully saturated rings. The van der Waals surface area contributed by atoms with Crippen LogP contribution >= 0.6 is 23.4 Å². The Hall–Kier alpha value is -4.30. The minimum atomic E-state index is -0.958. The van der Waals surface area contributed by atoms with E-state index in [1.54, 1.807) is 21.9 Å². The first-order valence-corrected chi connectivity index (χ1v) is 18.2. The summed E-state index contributed by atoms with van der Waals surface area (Å²) < 4.78 is 24.1. The van der Waals surface area contributed by atoms with E-state index < -0.39 is 5.79 Å². The fraction of sp³-hybridized carbons (Fsp3) is 0.389. The molecule has 0 aliphatic carbocycles. The molecule has 3 aromatic carbocycles. The molecule has 12 nitrogen and oxygen atoms in total. The predicted octanol–water partition coefficient (Wildman–Crippen LogP) is 5.55. The van der Waals surface area contributed by atoms with Crippen molar-refractivity contribution in [1.82, 2.24) is 29.1 Å². The first-order chi connectivity index (χ1) is 24.3. The van der Waals surface area contributed by atoms with E-state index in [1.165, 1.54) is 11.8 Å². The molecule has 0 bridgehead atoms. The second kappa shape index (κ2) is 14.9. The summed E-state index contributed by atoms with van der Waals surface area (Å²) in [6.07, 6.45) is 3.88. The lowest BCUT2D eigenvalue weighted by Crippen LogP contribution is -2.46. The average Bonchev–Trinajstić information content (AvgIpc) is 3.88. The zero-order valence-electron chi connectivity index (χ0n) is 28.4. The summed E-state index contributed by atoms with van der Waals surface area (Å²) in [5.41, 5.74) is 3.90. The van der Waals surface area contributed by atoms with Crippen LogP contribution < -0.4 is 20.2 Å². The minimum absolute atomic E-state index is 0.0680. The minimum Gasteiger partial charge on any atom is -0.491 e. The van der Waals surface area contributed by atoms with Gasteiger partial charge in [0.15, 0.2) is 5.16 Å². The standard InChI is InChI=1S/C36H41ClN8O4S/c1-4-26(2)45-35(46)44(25-39-45)31-11-9-29(10-12-31)42-17-19-43(20-18-42)30-13-15-32(16-14-30)47-21-33-22-48-36(49-33,27-5-7-28(37)8-6-27)23-50-34-40-38-24-41(34)3/h5-16,24-26,33H,4,17-23H2,1-3H3/t26-,33-,36-/m0/s1. The number of aryl methyl sites for hydroxylation is 1. The molecular weight excluding hydrogens is 676 g/mol. The molecule has 50 heavy (non-hydrogen) atoms. The number of ether oxygens (including phenoxy) is 3. The number of rotatable bonds is 12. The van der Waals surface area contributed by atoms with Gasteiger partial charge in [0, 0.05) is 55.2 Å². The first-order valence-electron chi connectivity index (χ1n) is 16.9. The second-order valence-corrected chi connectivity index (χ2v) is 14.0. The number of hydrogen-bond donors (Lipinski definition) is 0. The fourth-order valence-corrected chi connectivity index (χ4v) is 7.30. The van der Waals surface area contributed by atoms with E-state index in [9.17, 15) is 4.79 Å². The van der Waals surface area contributed by atoms with Gasteiger partial charge < -0.3 is 28.6 Å². The molecule has 0 spiro atoms. The van der Waals surface area contributed by atoms with Gasteiger partial charge in [-0.25, -0.2) is 14.0 Å². The molecule has 0 saturated carbocycles. The largest absolute Gasteiger partial charge is 0.491 e. The molecule has 262 valence electrons. The van der Waals surface area contributed by atoms with E-state index in [-0.39, 0.29) is 17.8 Å². The van der Waals surface area contributed by atoms with E-state index in [0.29, 0.717) is 24.0 Å². The summed E-state index contributed by atoms with van der Waals surface area (Å²) >= 11 is 7.70. The molecule has 0 N–H and O–H groups in total. The van der Waals surface area contributed by atoms with E-state index in [2.05, 4.69) is 56.3 Å². The number of aromatic nitrogens is 6. The molecular formula is C36H41ClN8O4S. The van der Waals surface area contributed by atoms with Gasteiger partial charge in [0.05, 0.1) is 24.1 Å². The fourth-order valence-electron chi connectivity index (χ4n) is 6.18. The van der Waals surface area contributed by atoms with Gasteiger partial charge in [-0.3, -0.25) is 0 Å². The molecule has 14 heteroatoms. The SMILES string of the molecule is CC[C@H](C)n1ncn(-c2ccc(N3CCN(c4ccc(OC[C@H]5CO[C@](CSc6nncn6C)(c6ccc(Cl)cc6)O5)cc4)CC3)cc2)c1=O. The molecule has 0 unspecified atom stereocenters. The summed E-state index contributed by atoms with van der Waals surface area (Å²) in [5, 5.41) is 13.9. The lowest BCUT2D eigenvalue weighted by molar-refractivity contribution is -0.160. The third kappa shape index (κ3) is 7.27. The van der Waals surface area contributed by atoms with Gasteiger partial charge in [-0.15, -0.1) is 10.2 Å². The molecule has 2 aromatic heterocycles. The quantitative estimate of drug-likeness (QED) is 0.153. The number of nitrogens with zero attached hydrogens (tertiary/aromatic N) is 8. The van der Waals surface area contributed by atoms with Gasteiger partial charge >= 0.3 is 5.69 Å². The van der Waals surface area contributed by atoms with E-state index in [1.807, 2.05) is 67.1 Å². The Labute approximate surface area is 300 Å². The molecule has 3 atom stereocenters. The Kier molecular flexibility index (Phi) is 10.2. The maximum atomic E-state index is 12.8. The zero-order chi connectivity index (χ0) is 34.7. The molecule has 2 saturated heterocycles. The second-order valence-electron chi connectivity index (χ2n) is 12.6. The highest BCUT2D eigenvalue weighted by Gasteiger charge is 2.44. The van der Waals surface area contributed by atoms with Gasteiger partial charge in [-0.1, -0.05) is 42.4 Å². The lowest BCUT2D eigenvalue weighted by Gasteiger charge is -2.37. The number of halogens is 1. The monoisotopic (exact) mass is 716 g/mol. The molecule has 2 aliphatic heterocycles. The van der Waals surface area contributed by atoms with Gasteiger partial charge in [0.25, 0.3) is 0 Å². The van der Waals surface area contributed by atoms with Crippen LogP contribution in [0.15, 0.2) is 95.4 Å². The van der Waals surface area contributed by atoms with Crippen molar-refractivity contribution in [3.05, 3.63) is 107 Å². The van der Waals surface area contributed by atoms with E-state index >= 15 is 0 Å². The molecule has 4 heterocycles. The van der Waals surface area contributed by atoms with Crippen LogP contribution in [0.3, 0.4) is 0 Å². The molecule has 0 radical (unpaired) electrons. The van der Waals surface area contributed by atoms with Crippen molar-refractivity contribution < 1.29 is 14.2 Å². The molecule has 2 aliphatic rings. The molecule has 0 amide bonds.